The fourth-order valence-corrected chi connectivity index (χ4v) is 3.47. The first-order valence-corrected chi connectivity index (χ1v) is 9.20. The predicted molar refractivity (Wildman–Crippen MR) is 92.7 cm³/mol. The van der Waals surface area contributed by atoms with Gasteiger partial charge in [0.15, 0.2) is 0 Å². The van der Waals surface area contributed by atoms with E-state index in [1.807, 2.05) is 19.9 Å². The summed E-state index contributed by atoms with van der Waals surface area (Å²) in [6, 6.07) is 1.43. The minimum Gasteiger partial charge on any atom is -0.381 e. The number of carbonyl (C=O) groups excluding carboxylic acids is 2. The third kappa shape index (κ3) is 4.39. The number of rotatable bonds is 5. The lowest BCUT2D eigenvalue weighted by atomic mass is 10.0. The zero-order valence-corrected chi connectivity index (χ0v) is 15.1. The quantitative estimate of drug-likeness (QED) is 0.872. The van der Waals surface area contributed by atoms with Crippen LogP contribution in [0, 0.1) is 11.8 Å². The number of nitrogens with one attached hydrogen (secondary N) is 1. The van der Waals surface area contributed by atoms with Crippen molar-refractivity contribution in [2.75, 3.05) is 26.3 Å². The molecule has 0 bridgehead atoms. The van der Waals surface area contributed by atoms with Crippen LogP contribution in [0.4, 0.5) is 0 Å². The van der Waals surface area contributed by atoms with Gasteiger partial charge in [0.2, 0.25) is 11.8 Å². The summed E-state index contributed by atoms with van der Waals surface area (Å²) in [6.45, 7) is 7.17. The Morgan fingerprint density at radius 1 is 1.36 bits per heavy atom. The van der Waals surface area contributed by atoms with Crippen molar-refractivity contribution in [2.24, 2.45) is 11.8 Å². The van der Waals surface area contributed by atoms with Crippen LogP contribution in [0.3, 0.4) is 0 Å². The van der Waals surface area contributed by atoms with E-state index in [1.54, 1.807) is 15.8 Å². The lowest BCUT2D eigenvalue weighted by molar-refractivity contribution is -0.136. The van der Waals surface area contributed by atoms with Crippen molar-refractivity contribution in [3.63, 3.8) is 0 Å². The zero-order chi connectivity index (χ0) is 17.8. The summed E-state index contributed by atoms with van der Waals surface area (Å²) >= 11 is 0. The summed E-state index contributed by atoms with van der Waals surface area (Å²) < 4.78 is 7.12. The summed E-state index contributed by atoms with van der Waals surface area (Å²) in [6.07, 6.45) is 4.17. The molecule has 1 saturated heterocycles. The smallest absolute Gasteiger partial charge is 0.246 e. The van der Waals surface area contributed by atoms with Crippen LogP contribution in [0.15, 0.2) is 12.3 Å². The molecule has 0 saturated carbocycles. The second kappa shape index (κ2) is 7.99. The number of amides is 2. The molecule has 1 aromatic rings. The standard InChI is InChI=1S/C18H28N4O3/c1-13(2)9-17(23)21-11-15-3-6-20-22(15)16(12-21)18(24)19-10-14-4-7-25-8-5-14/h3,6,13-14,16H,4-5,7-12H2,1-2H3,(H,19,24)/t16-/m0/s1. The third-order valence-corrected chi connectivity index (χ3v) is 4.94. The minimum absolute atomic E-state index is 0.0570. The predicted octanol–water partition coefficient (Wildman–Crippen LogP) is 1.36. The number of ether oxygens (including phenoxy) is 1. The molecule has 0 aromatic carbocycles. The SMILES string of the molecule is CC(C)CC(=O)N1Cc2ccnn2[C@H](C(=O)NCC2CCOCC2)C1. The second-order valence-corrected chi connectivity index (χ2v) is 7.46. The molecule has 1 atom stereocenters. The number of fused-ring (bicyclic) bond motifs is 1. The van der Waals surface area contributed by atoms with Gasteiger partial charge >= 0.3 is 0 Å². The highest BCUT2D eigenvalue weighted by Gasteiger charge is 2.33. The molecular weight excluding hydrogens is 320 g/mol. The Bertz CT molecular complexity index is 607. The van der Waals surface area contributed by atoms with Gasteiger partial charge in [-0.2, -0.15) is 5.10 Å². The van der Waals surface area contributed by atoms with Crippen LogP contribution in [-0.4, -0.2) is 52.8 Å². The Hall–Kier alpha value is -1.89. The molecule has 0 unspecified atom stereocenters. The molecule has 1 fully saturated rings. The van der Waals surface area contributed by atoms with Crippen molar-refractivity contribution in [1.29, 1.82) is 0 Å². The van der Waals surface area contributed by atoms with Gasteiger partial charge in [0.05, 0.1) is 18.8 Å². The Labute approximate surface area is 148 Å². The maximum Gasteiger partial charge on any atom is 0.246 e. The third-order valence-electron chi connectivity index (χ3n) is 4.94. The Morgan fingerprint density at radius 3 is 2.84 bits per heavy atom. The van der Waals surface area contributed by atoms with E-state index >= 15 is 0 Å². The average Bonchev–Trinajstić information content (AvgIpc) is 3.07. The first kappa shape index (κ1) is 17.9. The molecular formula is C18H28N4O3. The van der Waals surface area contributed by atoms with Crippen LogP contribution < -0.4 is 5.32 Å². The fourth-order valence-electron chi connectivity index (χ4n) is 3.47. The Morgan fingerprint density at radius 2 is 2.12 bits per heavy atom. The van der Waals surface area contributed by atoms with Crippen molar-refractivity contribution in [2.45, 2.75) is 45.7 Å². The molecule has 7 nitrogen and oxygen atoms in total. The molecule has 0 spiro atoms. The molecule has 1 N–H and O–H groups in total. The lowest BCUT2D eigenvalue weighted by Gasteiger charge is -2.34. The van der Waals surface area contributed by atoms with E-state index in [0.29, 0.717) is 37.9 Å². The Kier molecular flexibility index (Phi) is 5.73. The van der Waals surface area contributed by atoms with Crippen LogP contribution in [0.2, 0.25) is 0 Å². The molecule has 0 aliphatic carbocycles. The van der Waals surface area contributed by atoms with Crippen LogP contribution >= 0.6 is 0 Å². The second-order valence-electron chi connectivity index (χ2n) is 7.46. The fraction of sp³-hybridized carbons (Fsp3) is 0.722. The molecule has 2 aliphatic rings. The molecule has 3 rings (SSSR count). The first-order valence-electron chi connectivity index (χ1n) is 9.20. The topological polar surface area (TPSA) is 76.5 Å². The highest BCUT2D eigenvalue weighted by atomic mass is 16.5. The van der Waals surface area contributed by atoms with Crippen molar-refractivity contribution in [3.8, 4) is 0 Å². The summed E-state index contributed by atoms with van der Waals surface area (Å²) in [5.41, 5.74) is 0.912. The van der Waals surface area contributed by atoms with Crippen LogP contribution in [0.5, 0.6) is 0 Å². The van der Waals surface area contributed by atoms with Gasteiger partial charge in [0, 0.05) is 32.4 Å². The van der Waals surface area contributed by atoms with Gasteiger partial charge in [0.1, 0.15) is 6.04 Å². The van der Waals surface area contributed by atoms with Crippen molar-refractivity contribution in [3.05, 3.63) is 18.0 Å². The van der Waals surface area contributed by atoms with Crippen LogP contribution in [-0.2, 0) is 20.9 Å². The van der Waals surface area contributed by atoms with Crippen molar-refractivity contribution < 1.29 is 14.3 Å². The number of hydrogen-bond donors (Lipinski definition) is 1. The molecule has 25 heavy (non-hydrogen) atoms. The van der Waals surface area contributed by atoms with Gasteiger partial charge in [0.25, 0.3) is 0 Å². The van der Waals surface area contributed by atoms with Gasteiger partial charge in [-0.3, -0.25) is 14.3 Å². The minimum atomic E-state index is -0.449. The van der Waals surface area contributed by atoms with E-state index in [2.05, 4.69) is 10.4 Å². The zero-order valence-electron chi connectivity index (χ0n) is 15.1. The molecule has 2 aliphatic heterocycles. The summed E-state index contributed by atoms with van der Waals surface area (Å²) in [5, 5.41) is 7.37. The maximum absolute atomic E-state index is 12.8. The summed E-state index contributed by atoms with van der Waals surface area (Å²) in [7, 11) is 0. The van der Waals surface area contributed by atoms with E-state index in [9.17, 15) is 9.59 Å². The average molecular weight is 348 g/mol. The lowest BCUT2D eigenvalue weighted by Crippen LogP contribution is -2.48. The first-order chi connectivity index (χ1) is 12.0. The van der Waals surface area contributed by atoms with Gasteiger partial charge in [-0.1, -0.05) is 13.8 Å². The molecule has 138 valence electrons. The molecule has 7 heteroatoms. The number of nitrogens with zero attached hydrogens (tertiary/aromatic N) is 3. The van der Waals surface area contributed by atoms with Gasteiger partial charge < -0.3 is 15.0 Å². The van der Waals surface area contributed by atoms with E-state index in [0.717, 1.165) is 31.7 Å². The maximum atomic E-state index is 12.8. The summed E-state index contributed by atoms with van der Waals surface area (Å²) in [5.74, 6) is 0.820. The van der Waals surface area contributed by atoms with Crippen LogP contribution in [0.1, 0.15) is 44.8 Å². The number of hydrogen-bond acceptors (Lipinski definition) is 4. The molecule has 3 heterocycles. The van der Waals surface area contributed by atoms with E-state index in [1.165, 1.54) is 0 Å². The van der Waals surface area contributed by atoms with E-state index in [-0.39, 0.29) is 11.8 Å². The van der Waals surface area contributed by atoms with Crippen LogP contribution in [0.25, 0.3) is 0 Å². The van der Waals surface area contributed by atoms with Gasteiger partial charge in [-0.15, -0.1) is 0 Å². The van der Waals surface area contributed by atoms with E-state index < -0.39 is 6.04 Å². The number of aromatic nitrogens is 2. The van der Waals surface area contributed by atoms with Crippen molar-refractivity contribution >= 4 is 11.8 Å². The largest absolute Gasteiger partial charge is 0.381 e. The van der Waals surface area contributed by atoms with Gasteiger partial charge in [-0.05, 0) is 30.7 Å². The van der Waals surface area contributed by atoms with Crippen molar-refractivity contribution in [1.82, 2.24) is 20.0 Å². The highest BCUT2D eigenvalue weighted by molar-refractivity contribution is 5.82. The van der Waals surface area contributed by atoms with E-state index in [4.69, 9.17) is 4.74 Å². The highest BCUT2D eigenvalue weighted by Crippen LogP contribution is 2.22. The Balaban J connectivity index is 1.64. The monoisotopic (exact) mass is 348 g/mol. The number of carbonyl (C=O) groups is 2. The van der Waals surface area contributed by atoms with Gasteiger partial charge in [-0.25, -0.2) is 0 Å². The summed E-state index contributed by atoms with van der Waals surface area (Å²) in [4.78, 5) is 27.0. The normalized spacial score (nSPS) is 21.2. The molecule has 2 amide bonds. The molecule has 0 radical (unpaired) electrons. The molecule has 1 aromatic heterocycles.